The molecule has 0 radical (unpaired) electrons. The number of carbonyl (C=O) groups is 3. The summed E-state index contributed by atoms with van der Waals surface area (Å²) in [7, 11) is 0. The number of thioether (sulfide) groups is 1. The Morgan fingerprint density at radius 3 is 1.13 bits per heavy atom. The monoisotopic (exact) mass is 1800 g/mol. The molecule has 3 amide bonds. The zero-order valence-electron chi connectivity index (χ0n) is 66.7. The number of hydrogen-bond acceptors (Lipinski definition) is 13. The highest BCUT2D eigenvalue weighted by molar-refractivity contribution is 7.99. The summed E-state index contributed by atoms with van der Waals surface area (Å²) < 4.78 is 59.2. The van der Waals surface area contributed by atoms with Crippen LogP contribution in [0.2, 0.25) is 35.2 Å². The van der Waals surface area contributed by atoms with E-state index in [1.165, 1.54) is 56.1 Å². The largest absolute Gasteiger partial charge is 0.417 e. The number of halogens is 10. The third-order valence-electron chi connectivity index (χ3n) is 23.3. The number of piperidine rings is 3. The van der Waals surface area contributed by atoms with Crippen molar-refractivity contribution in [3.8, 4) is 51.6 Å². The molecule has 4 aliphatic heterocycles. The average Bonchev–Trinajstić information content (AvgIpc) is 0.989. The molecule has 0 aromatic heterocycles. The second-order valence-electron chi connectivity index (χ2n) is 31.2. The number of alkyl halides is 3. The Balaban J connectivity index is 0.000000158. The number of nitriles is 3. The van der Waals surface area contributed by atoms with Crippen molar-refractivity contribution in [1.29, 1.82) is 15.8 Å². The number of anilines is 3. The quantitative estimate of drug-likeness (QED) is 0.0580. The lowest BCUT2D eigenvalue weighted by Gasteiger charge is -2.45. The number of ether oxygens (including phenoxy) is 3. The summed E-state index contributed by atoms with van der Waals surface area (Å²) in [6.07, 6.45) is 7.14. The van der Waals surface area contributed by atoms with Crippen molar-refractivity contribution >= 4 is 128 Å². The Morgan fingerprint density at radius 1 is 0.402 bits per heavy atom. The van der Waals surface area contributed by atoms with Gasteiger partial charge in [0.25, 0.3) is 0 Å². The predicted molar refractivity (Wildman–Crippen MR) is 483 cm³/mol. The molecular weight excluding hydrogens is 1710 g/mol. The molecule has 0 atom stereocenters. The lowest BCUT2D eigenvalue weighted by molar-refractivity contribution is -0.138. The standard InChI is InChI=1S/C33H27Cl4N3O2.C32H31ClF3N3O2.C31H31Cl2N3O2S/c34-27-16-28(35)18-29(17-27)39-32(41)21-42-33(10-12-40(13-11-33)20-23-4-9-30(36)31(37)15-23)26-7-5-24(6-8-26)25-3-1-2-22(14-25)19-38;33-29-13-12-26(19-28(29)32(34,35)36)38-30(40)21-41-31(14-16-39(17-15-31)27-6-1-2-7-27)25-10-8-23(9-11-25)24-5-3-4-22(18-24)20-37;32-26-17-27(33)19-28(18-26)35-30(37)21-38-31(10-12-36(13-11-31)29-8-14-39-15-9-29)25-6-4-23(5-7-25)24-3-1-2-22(16-24)20-34/h1-9,14-18H,10-13,20-21H2,(H,39,41);3-5,8-13,18-19,27H,1-2,6-7,14-17,21H2,(H,38,40);1-7,16-19,29H,8-15,21H2,(H,35,37). The van der Waals surface area contributed by atoms with Gasteiger partial charge in [-0.25, -0.2) is 0 Å². The Morgan fingerprint density at radius 2 is 0.762 bits per heavy atom. The number of benzene rings is 10. The molecule has 0 spiro atoms. The number of nitrogens with one attached hydrogen (secondary N) is 3. The Hall–Kier alpha value is -8.99. The molecule has 15 nitrogen and oxygen atoms in total. The van der Waals surface area contributed by atoms with Gasteiger partial charge in [-0.2, -0.15) is 40.7 Å². The molecule has 1 saturated carbocycles. The summed E-state index contributed by atoms with van der Waals surface area (Å²) in [5.41, 5.74) is 9.94. The fourth-order valence-electron chi connectivity index (χ4n) is 16.8. The van der Waals surface area contributed by atoms with E-state index in [-0.39, 0.29) is 37.3 Å². The molecule has 26 heteroatoms. The highest BCUT2D eigenvalue weighted by atomic mass is 35.5. The Labute approximate surface area is 749 Å². The van der Waals surface area contributed by atoms with Gasteiger partial charge in [-0.15, -0.1) is 0 Å². The number of rotatable bonds is 22. The van der Waals surface area contributed by atoms with Crippen molar-refractivity contribution in [3.05, 3.63) is 298 Å². The van der Waals surface area contributed by atoms with Crippen molar-refractivity contribution in [1.82, 2.24) is 14.7 Å². The first-order valence-electron chi connectivity index (χ1n) is 40.5. The molecule has 3 N–H and O–H groups in total. The minimum atomic E-state index is -4.63. The minimum Gasteiger partial charge on any atom is -0.360 e. The maximum atomic E-state index is 13.3. The Bertz CT molecular complexity index is 5420. The molecule has 4 saturated heterocycles. The summed E-state index contributed by atoms with van der Waals surface area (Å²) in [4.78, 5) is 46.2. The lowest BCUT2D eigenvalue weighted by Crippen LogP contribution is -2.49. The topological polar surface area (TPSA) is 196 Å². The molecule has 0 unspecified atom stereocenters. The van der Waals surface area contributed by atoms with Crippen LogP contribution < -0.4 is 16.0 Å². The maximum absolute atomic E-state index is 13.3. The number of carbonyl (C=O) groups excluding carboxylic acids is 3. The zero-order chi connectivity index (χ0) is 86.0. The van der Waals surface area contributed by atoms with Gasteiger partial charge in [0.05, 0.1) is 72.3 Å². The molecule has 1 aliphatic carbocycles. The Kier molecular flexibility index (Phi) is 31.3. The van der Waals surface area contributed by atoms with Crippen LogP contribution in [0.4, 0.5) is 30.2 Å². The van der Waals surface area contributed by atoms with E-state index in [4.69, 9.17) is 95.4 Å². The van der Waals surface area contributed by atoms with Crippen LogP contribution in [0.3, 0.4) is 0 Å². The van der Waals surface area contributed by atoms with E-state index >= 15 is 0 Å². The minimum absolute atomic E-state index is 0.00406. The fourth-order valence-corrected chi connectivity index (χ4v) is 19.5. The van der Waals surface area contributed by atoms with E-state index in [0.717, 1.165) is 126 Å². The number of nitrogens with zero attached hydrogens (tertiary/aromatic N) is 6. The first kappa shape index (κ1) is 90.7. The van der Waals surface area contributed by atoms with Gasteiger partial charge < -0.3 is 40.0 Å². The number of hydrogen-bond donors (Lipinski definition) is 3. The first-order chi connectivity index (χ1) is 58.8. The summed E-state index contributed by atoms with van der Waals surface area (Å²) in [5, 5.41) is 38.5. The van der Waals surface area contributed by atoms with Gasteiger partial charge in [-0.3, -0.25) is 19.3 Å². The summed E-state index contributed by atoms with van der Waals surface area (Å²) >= 11 is 44.5. The van der Waals surface area contributed by atoms with E-state index < -0.39 is 39.5 Å². The number of amides is 3. The highest BCUT2D eigenvalue weighted by Crippen LogP contribution is 2.45. The van der Waals surface area contributed by atoms with Crippen LogP contribution in [0.15, 0.2) is 218 Å². The molecule has 630 valence electrons. The van der Waals surface area contributed by atoms with E-state index in [2.05, 4.69) is 85.3 Å². The van der Waals surface area contributed by atoms with Gasteiger partial charge in [-0.05, 0) is 234 Å². The van der Waals surface area contributed by atoms with Crippen LogP contribution in [-0.2, 0) is 58.1 Å². The number of likely N-dealkylation sites (tertiary alicyclic amines) is 3. The molecule has 10 aromatic carbocycles. The van der Waals surface area contributed by atoms with Crippen molar-refractivity contribution in [2.45, 2.75) is 119 Å². The van der Waals surface area contributed by atoms with Gasteiger partial charge in [-0.1, -0.05) is 209 Å². The fraction of sp³-hybridized carbons (Fsp3) is 0.312. The summed E-state index contributed by atoms with van der Waals surface area (Å²) in [6.45, 7) is 5.29. The van der Waals surface area contributed by atoms with E-state index in [1.807, 2.05) is 127 Å². The smallest absolute Gasteiger partial charge is 0.360 e. The lowest BCUT2D eigenvalue weighted by atomic mass is 9.82. The first-order valence-corrected chi connectivity index (χ1v) is 44.3. The summed E-state index contributed by atoms with van der Waals surface area (Å²) in [6, 6.07) is 73.7. The highest BCUT2D eigenvalue weighted by Gasteiger charge is 2.43. The van der Waals surface area contributed by atoms with E-state index in [1.54, 1.807) is 48.5 Å². The van der Waals surface area contributed by atoms with Crippen molar-refractivity contribution < 1.29 is 41.8 Å². The van der Waals surface area contributed by atoms with Crippen LogP contribution in [-0.4, -0.2) is 115 Å². The van der Waals surface area contributed by atoms with Gasteiger partial charge >= 0.3 is 6.18 Å². The summed E-state index contributed by atoms with van der Waals surface area (Å²) in [5.74, 6) is 1.37. The van der Waals surface area contributed by atoms with Crippen molar-refractivity contribution in [2.24, 2.45) is 0 Å². The van der Waals surface area contributed by atoms with Gasteiger partial charge in [0.1, 0.15) is 19.8 Å². The van der Waals surface area contributed by atoms with Gasteiger partial charge in [0, 0.05) is 95.0 Å². The van der Waals surface area contributed by atoms with Crippen LogP contribution in [0.5, 0.6) is 0 Å². The molecule has 15 rings (SSSR count). The predicted octanol–water partition coefficient (Wildman–Crippen LogP) is 24.1. The third-order valence-corrected chi connectivity index (χ3v) is 26.3. The van der Waals surface area contributed by atoms with Crippen LogP contribution >= 0.6 is 93.0 Å². The van der Waals surface area contributed by atoms with Gasteiger partial charge in [0.15, 0.2) is 0 Å². The SMILES string of the molecule is N#Cc1cccc(-c2ccc(C3(OCC(=O)Nc4cc(Cl)cc(Cl)c4)CCN(C4CCSCC4)CC3)cc2)c1.N#Cc1cccc(-c2ccc(C3(OCC(=O)Nc4cc(Cl)cc(Cl)c4)CCN(Cc4ccc(Cl)c(Cl)c4)CC3)cc2)c1.N#Cc1cccc(-c2ccc(C3(OCC(=O)Nc4ccc(Cl)c(C(F)(F)F)c4)CCN(C4CCCC4)CC3)cc2)c1. The molecule has 4 heterocycles. The van der Waals surface area contributed by atoms with Crippen LogP contribution in [0.25, 0.3) is 33.4 Å². The average molecular weight is 1800 g/mol. The molecule has 5 aliphatic rings. The second-order valence-corrected chi connectivity index (χ2v) is 35.4. The van der Waals surface area contributed by atoms with E-state index in [0.29, 0.717) is 96.0 Å². The van der Waals surface area contributed by atoms with Crippen molar-refractivity contribution in [2.75, 3.05) is 86.5 Å². The molecule has 122 heavy (non-hydrogen) atoms. The third kappa shape index (κ3) is 24.1. The van der Waals surface area contributed by atoms with Crippen LogP contribution in [0.1, 0.15) is 122 Å². The van der Waals surface area contributed by atoms with Crippen molar-refractivity contribution in [3.63, 3.8) is 0 Å². The maximum Gasteiger partial charge on any atom is 0.417 e. The van der Waals surface area contributed by atoms with Gasteiger partial charge in [0.2, 0.25) is 17.7 Å². The van der Waals surface area contributed by atoms with Crippen LogP contribution in [0, 0.1) is 34.0 Å². The van der Waals surface area contributed by atoms with E-state index in [9.17, 15) is 43.3 Å². The zero-order valence-corrected chi connectivity index (χ0v) is 72.8. The normalized spacial score (nSPS) is 16.7. The second kappa shape index (κ2) is 42.1. The molecule has 0 bridgehead atoms. The molecule has 5 fully saturated rings. The molecular formula is C96H89Cl7F3N9O6S. The molecule has 10 aromatic rings.